The van der Waals surface area contributed by atoms with E-state index in [1.165, 1.54) is 0 Å². The molecule has 0 atom stereocenters. The van der Waals surface area contributed by atoms with Crippen LogP contribution < -0.4 is 10.2 Å². The van der Waals surface area contributed by atoms with E-state index in [0.29, 0.717) is 19.6 Å². The molecule has 0 aliphatic carbocycles. The van der Waals surface area contributed by atoms with Gasteiger partial charge in [-0.25, -0.2) is 4.98 Å². The van der Waals surface area contributed by atoms with E-state index in [4.69, 9.17) is 0 Å². The van der Waals surface area contributed by atoms with Crippen molar-refractivity contribution in [1.29, 1.82) is 0 Å². The number of carbonyl (C=O) groups is 1. The summed E-state index contributed by atoms with van der Waals surface area (Å²) in [6.45, 7) is 2.64. The molecule has 2 aromatic carbocycles. The molecule has 3 aromatic rings. The SMILES string of the molecule is CNc1nc(CN2CCN(c3ccccc3-c3ccccc3)C(=O)C2)cs1. The van der Waals surface area contributed by atoms with Gasteiger partial charge in [-0.05, 0) is 11.6 Å². The largest absolute Gasteiger partial charge is 0.365 e. The van der Waals surface area contributed by atoms with Gasteiger partial charge in [-0.2, -0.15) is 0 Å². The van der Waals surface area contributed by atoms with Crippen molar-refractivity contribution in [2.24, 2.45) is 0 Å². The van der Waals surface area contributed by atoms with Crippen molar-refractivity contribution in [2.75, 3.05) is 36.9 Å². The summed E-state index contributed by atoms with van der Waals surface area (Å²) in [5, 5.41) is 6.02. The van der Waals surface area contributed by atoms with E-state index in [2.05, 4.69) is 33.4 Å². The number of nitrogens with zero attached hydrogens (tertiary/aromatic N) is 3. The number of carbonyl (C=O) groups excluding carboxylic acids is 1. The minimum absolute atomic E-state index is 0.133. The zero-order chi connectivity index (χ0) is 18.6. The highest BCUT2D eigenvalue weighted by Gasteiger charge is 2.27. The molecule has 2 heterocycles. The molecule has 1 aromatic heterocycles. The third-order valence-corrected chi connectivity index (χ3v) is 5.64. The Balaban J connectivity index is 1.50. The first-order valence-electron chi connectivity index (χ1n) is 9.04. The van der Waals surface area contributed by atoms with Crippen LogP contribution in [0, 0.1) is 0 Å². The fraction of sp³-hybridized carbons (Fsp3) is 0.238. The van der Waals surface area contributed by atoms with Crippen molar-refractivity contribution < 1.29 is 4.79 Å². The summed E-state index contributed by atoms with van der Waals surface area (Å²) in [5.74, 6) is 0.133. The topological polar surface area (TPSA) is 48.5 Å². The van der Waals surface area contributed by atoms with Gasteiger partial charge < -0.3 is 10.2 Å². The molecule has 5 nitrogen and oxygen atoms in total. The molecule has 0 radical (unpaired) electrons. The van der Waals surface area contributed by atoms with Crippen LogP contribution in [0.4, 0.5) is 10.8 Å². The average Bonchev–Trinajstić information content (AvgIpc) is 3.16. The predicted molar refractivity (Wildman–Crippen MR) is 111 cm³/mol. The molecule has 138 valence electrons. The van der Waals surface area contributed by atoms with E-state index in [1.54, 1.807) is 11.3 Å². The second kappa shape index (κ2) is 7.90. The number of thiazole rings is 1. The van der Waals surface area contributed by atoms with Crippen LogP contribution in [-0.4, -0.2) is 42.5 Å². The third-order valence-electron chi connectivity index (χ3n) is 4.73. The lowest BCUT2D eigenvalue weighted by molar-refractivity contribution is -0.121. The summed E-state index contributed by atoms with van der Waals surface area (Å²) in [6.07, 6.45) is 0. The van der Waals surface area contributed by atoms with Gasteiger partial charge in [0.25, 0.3) is 0 Å². The van der Waals surface area contributed by atoms with Gasteiger partial charge in [-0.15, -0.1) is 11.3 Å². The van der Waals surface area contributed by atoms with Crippen molar-refractivity contribution in [3.8, 4) is 11.1 Å². The molecule has 1 aliphatic heterocycles. The summed E-state index contributed by atoms with van der Waals surface area (Å²) >= 11 is 1.59. The molecule has 0 spiro atoms. The Morgan fingerprint density at radius 2 is 1.85 bits per heavy atom. The smallest absolute Gasteiger partial charge is 0.241 e. The van der Waals surface area contributed by atoms with E-state index in [-0.39, 0.29) is 5.91 Å². The molecule has 1 fully saturated rings. The van der Waals surface area contributed by atoms with Crippen LogP contribution in [0.2, 0.25) is 0 Å². The highest BCUT2D eigenvalue weighted by Crippen LogP contribution is 2.31. The molecule has 0 unspecified atom stereocenters. The Hall–Kier alpha value is -2.70. The second-order valence-corrected chi connectivity index (χ2v) is 7.39. The Labute approximate surface area is 163 Å². The monoisotopic (exact) mass is 378 g/mol. The second-order valence-electron chi connectivity index (χ2n) is 6.53. The van der Waals surface area contributed by atoms with Crippen LogP contribution >= 0.6 is 11.3 Å². The summed E-state index contributed by atoms with van der Waals surface area (Å²) < 4.78 is 0. The lowest BCUT2D eigenvalue weighted by Gasteiger charge is -2.35. The maximum Gasteiger partial charge on any atom is 0.241 e. The zero-order valence-electron chi connectivity index (χ0n) is 15.3. The minimum atomic E-state index is 0.133. The molecule has 0 saturated carbocycles. The van der Waals surface area contributed by atoms with Crippen molar-refractivity contribution >= 4 is 28.1 Å². The van der Waals surface area contributed by atoms with Gasteiger partial charge in [0, 0.05) is 37.6 Å². The van der Waals surface area contributed by atoms with Crippen molar-refractivity contribution in [2.45, 2.75) is 6.54 Å². The first-order chi connectivity index (χ1) is 13.2. The number of aromatic nitrogens is 1. The van der Waals surface area contributed by atoms with Crippen LogP contribution in [0.15, 0.2) is 60.0 Å². The van der Waals surface area contributed by atoms with Crippen LogP contribution in [0.25, 0.3) is 11.1 Å². The fourth-order valence-corrected chi connectivity index (χ4v) is 4.07. The molecule has 1 saturated heterocycles. The zero-order valence-corrected chi connectivity index (χ0v) is 16.1. The van der Waals surface area contributed by atoms with Crippen LogP contribution in [-0.2, 0) is 11.3 Å². The summed E-state index contributed by atoms with van der Waals surface area (Å²) in [7, 11) is 1.87. The number of anilines is 2. The first kappa shape index (κ1) is 17.7. The van der Waals surface area contributed by atoms with E-state index < -0.39 is 0 Å². The van der Waals surface area contributed by atoms with Crippen LogP contribution in [0.3, 0.4) is 0 Å². The van der Waals surface area contributed by atoms with Crippen molar-refractivity contribution in [3.05, 3.63) is 65.7 Å². The van der Waals surface area contributed by atoms with Gasteiger partial charge >= 0.3 is 0 Å². The highest BCUT2D eigenvalue weighted by molar-refractivity contribution is 7.13. The third kappa shape index (κ3) is 3.86. The van der Waals surface area contributed by atoms with E-state index in [1.807, 2.05) is 53.7 Å². The minimum Gasteiger partial charge on any atom is -0.365 e. The molecule has 0 bridgehead atoms. The Kier molecular flexibility index (Phi) is 5.18. The normalized spacial score (nSPS) is 15.1. The number of benzene rings is 2. The Bertz CT molecular complexity index is 925. The summed E-state index contributed by atoms with van der Waals surface area (Å²) in [5.41, 5.74) is 4.22. The molecule has 1 amide bonds. The molecular weight excluding hydrogens is 356 g/mol. The van der Waals surface area contributed by atoms with E-state index in [9.17, 15) is 4.79 Å². The summed E-state index contributed by atoms with van der Waals surface area (Å²) in [4.78, 5) is 21.5. The lowest BCUT2D eigenvalue weighted by atomic mass is 10.0. The number of hydrogen-bond acceptors (Lipinski definition) is 5. The molecular formula is C21H22N4OS. The first-order valence-corrected chi connectivity index (χ1v) is 9.92. The van der Waals surface area contributed by atoms with Gasteiger partial charge in [0.2, 0.25) is 5.91 Å². The van der Waals surface area contributed by atoms with E-state index >= 15 is 0 Å². The molecule has 6 heteroatoms. The predicted octanol–water partition coefficient (Wildman–Crippen LogP) is 3.70. The van der Waals surface area contributed by atoms with Crippen molar-refractivity contribution in [1.82, 2.24) is 9.88 Å². The van der Waals surface area contributed by atoms with Gasteiger partial charge in [0.1, 0.15) is 0 Å². The number of amides is 1. The van der Waals surface area contributed by atoms with Gasteiger partial charge in [-0.1, -0.05) is 48.5 Å². The lowest BCUT2D eigenvalue weighted by Crippen LogP contribution is -2.50. The molecule has 1 N–H and O–H groups in total. The summed E-state index contributed by atoms with van der Waals surface area (Å²) in [6, 6.07) is 18.4. The fourth-order valence-electron chi connectivity index (χ4n) is 3.41. The Morgan fingerprint density at radius 3 is 2.59 bits per heavy atom. The van der Waals surface area contributed by atoms with Gasteiger partial charge in [0.15, 0.2) is 5.13 Å². The van der Waals surface area contributed by atoms with Crippen molar-refractivity contribution in [3.63, 3.8) is 0 Å². The number of rotatable bonds is 5. The quantitative estimate of drug-likeness (QED) is 0.735. The maximum absolute atomic E-state index is 12.9. The maximum atomic E-state index is 12.9. The van der Waals surface area contributed by atoms with Crippen LogP contribution in [0.5, 0.6) is 0 Å². The van der Waals surface area contributed by atoms with Crippen LogP contribution in [0.1, 0.15) is 5.69 Å². The van der Waals surface area contributed by atoms with Gasteiger partial charge in [0.05, 0.1) is 17.9 Å². The number of para-hydroxylation sites is 1. The van der Waals surface area contributed by atoms with Gasteiger partial charge in [-0.3, -0.25) is 9.69 Å². The molecule has 1 aliphatic rings. The number of hydrogen-bond donors (Lipinski definition) is 1. The highest BCUT2D eigenvalue weighted by atomic mass is 32.1. The standard InChI is InChI=1S/C21H22N4OS/c1-22-21-23-17(15-27-21)13-24-11-12-25(20(26)14-24)19-10-6-5-9-18(19)16-7-3-2-4-8-16/h2-10,15H,11-14H2,1H3,(H,22,23). The number of nitrogens with one attached hydrogen (secondary N) is 1. The molecule has 27 heavy (non-hydrogen) atoms. The average molecular weight is 379 g/mol. The molecule has 4 rings (SSSR count). The van der Waals surface area contributed by atoms with E-state index in [0.717, 1.165) is 34.2 Å². The number of piperazine rings is 1. The Morgan fingerprint density at radius 1 is 1.07 bits per heavy atom.